The molecule has 2 rings (SSSR count). The number of carbonyl (C=O) groups is 2. The fraction of sp³-hybridized carbons (Fsp3) is 0.273. The first-order chi connectivity index (χ1) is 7.45. The topological polar surface area (TPSA) is 80.4 Å². The number of nitrogens with two attached hydrogens (primary N) is 1. The standard InChI is InChI=1S/C11H10BrNO3/c12-7-3-1-2-6(4-7)9(14)8-5-11(8,13)10(15)16/h1-4,8H,5,13H2,(H,15,16). The van der Waals surface area contributed by atoms with E-state index < -0.39 is 17.4 Å². The molecule has 1 fully saturated rings. The maximum atomic E-state index is 11.9. The second kappa shape index (κ2) is 3.68. The van der Waals surface area contributed by atoms with Crippen molar-refractivity contribution in [3.05, 3.63) is 34.3 Å². The van der Waals surface area contributed by atoms with E-state index in [1.54, 1.807) is 24.3 Å². The summed E-state index contributed by atoms with van der Waals surface area (Å²) >= 11 is 3.26. The van der Waals surface area contributed by atoms with Crippen molar-refractivity contribution < 1.29 is 14.7 Å². The van der Waals surface area contributed by atoms with Gasteiger partial charge in [-0.1, -0.05) is 28.1 Å². The van der Waals surface area contributed by atoms with Crippen molar-refractivity contribution in [3.8, 4) is 0 Å². The van der Waals surface area contributed by atoms with Crippen LogP contribution in [0.1, 0.15) is 16.8 Å². The Morgan fingerprint density at radius 2 is 2.19 bits per heavy atom. The quantitative estimate of drug-likeness (QED) is 0.823. The van der Waals surface area contributed by atoms with Crippen LogP contribution in [0.5, 0.6) is 0 Å². The van der Waals surface area contributed by atoms with E-state index in [-0.39, 0.29) is 12.2 Å². The Labute approximate surface area is 101 Å². The third kappa shape index (κ3) is 1.76. The van der Waals surface area contributed by atoms with Gasteiger partial charge < -0.3 is 10.8 Å². The molecule has 0 amide bonds. The molecule has 4 nitrogen and oxygen atoms in total. The Kier molecular flexibility index (Phi) is 2.59. The molecule has 0 aliphatic heterocycles. The van der Waals surface area contributed by atoms with Gasteiger partial charge in [-0.05, 0) is 18.6 Å². The third-order valence-corrected chi connectivity index (χ3v) is 3.32. The highest BCUT2D eigenvalue weighted by Gasteiger charge is 2.61. The highest BCUT2D eigenvalue weighted by atomic mass is 79.9. The van der Waals surface area contributed by atoms with Gasteiger partial charge in [-0.2, -0.15) is 0 Å². The maximum Gasteiger partial charge on any atom is 0.324 e. The molecule has 84 valence electrons. The van der Waals surface area contributed by atoms with Crippen molar-refractivity contribution in [2.45, 2.75) is 12.0 Å². The van der Waals surface area contributed by atoms with Crippen LogP contribution in [0, 0.1) is 5.92 Å². The van der Waals surface area contributed by atoms with E-state index in [2.05, 4.69) is 15.9 Å². The van der Waals surface area contributed by atoms with Crippen molar-refractivity contribution >= 4 is 27.7 Å². The lowest BCUT2D eigenvalue weighted by molar-refractivity contribution is -0.139. The molecule has 0 spiro atoms. The van der Waals surface area contributed by atoms with E-state index in [1.807, 2.05) is 0 Å². The summed E-state index contributed by atoms with van der Waals surface area (Å²) in [7, 11) is 0. The molecule has 1 aromatic carbocycles. The van der Waals surface area contributed by atoms with Crippen LogP contribution in [0.25, 0.3) is 0 Å². The Morgan fingerprint density at radius 3 is 2.69 bits per heavy atom. The first-order valence-corrected chi connectivity index (χ1v) is 5.56. The number of hydrogen-bond acceptors (Lipinski definition) is 3. The molecule has 3 N–H and O–H groups in total. The van der Waals surface area contributed by atoms with Crippen molar-refractivity contribution in [1.82, 2.24) is 0 Å². The average molecular weight is 284 g/mol. The molecule has 1 aliphatic rings. The summed E-state index contributed by atoms with van der Waals surface area (Å²) in [6.07, 6.45) is 0.216. The summed E-state index contributed by atoms with van der Waals surface area (Å²) in [6.45, 7) is 0. The molecular weight excluding hydrogens is 274 g/mol. The first-order valence-electron chi connectivity index (χ1n) is 4.77. The second-order valence-electron chi connectivity index (χ2n) is 3.98. The van der Waals surface area contributed by atoms with E-state index in [4.69, 9.17) is 10.8 Å². The SMILES string of the molecule is NC1(C(=O)O)CC1C(=O)c1cccc(Br)c1. The Morgan fingerprint density at radius 1 is 1.50 bits per heavy atom. The zero-order valence-electron chi connectivity index (χ0n) is 8.31. The first kappa shape index (κ1) is 11.3. The van der Waals surface area contributed by atoms with Crippen LogP contribution in [-0.4, -0.2) is 22.4 Å². The van der Waals surface area contributed by atoms with Crippen LogP contribution >= 0.6 is 15.9 Å². The average Bonchev–Trinajstić information content (AvgIpc) is 2.91. The molecule has 1 aromatic rings. The molecule has 0 saturated heterocycles. The van der Waals surface area contributed by atoms with Gasteiger partial charge in [0, 0.05) is 10.0 Å². The molecule has 0 heterocycles. The monoisotopic (exact) mass is 283 g/mol. The van der Waals surface area contributed by atoms with Crippen LogP contribution in [0.4, 0.5) is 0 Å². The fourth-order valence-electron chi connectivity index (χ4n) is 1.68. The summed E-state index contributed by atoms with van der Waals surface area (Å²) in [5, 5.41) is 8.85. The second-order valence-corrected chi connectivity index (χ2v) is 4.89. The van der Waals surface area contributed by atoms with Crippen LogP contribution in [0.2, 0.25) is 0 Å². The van der Waals surface area contributed by atoms with Crippen LogP contribution < -0.4 is 5.73 Å². The molecule has 0 aromatic heterocycles. The predicted octanol–water partition coefficient (Wildman–Crippen LogP) is 1.43. The fourth-order valence-corrected chi connectivity index (χ4v) is 2.08. The molecule has 16 heavy (non-hydrogen) atoms. The summed E-state index contributed by atoms with van der Waals surface area (Å²) < 4.78 is 0.789. The van der Waals surface area contributed by atoms with Gasteiger partial charge in [0.25, 0.3) is 0 Å². The van der Waals surface area contributed by atoms with Crippen molar-refractivity contribution in [2.24, 2.45) is 11.7 Å². The number of aliphatic carboxylic acids is 1. The molecular formula is C11H10BrNO3. The molecule has 2 unspecified atom stereocenters. The van der Waals surface area contributed by atoms with E-state index >= 15 is 0 Å². The maximum absolute atomic E-state index is 11.9. The van der Waals surface area contributed by atoms with Gasteiger partial charge in [0.1, 0.15) is 5.54 Å². The van der Waals surface area contributed by atoms with Crippen LogP contribution in [0.15, 0.2) is 28.7 Å². The largest absolute Gasteiger partial charge is 0.480 e. The van der Waals surface area contributed by atoms with Crippen LogP contribution in [0.3, 0.4) is 0 Å². The van der Waals surface area contributed by atoms with E-state index in [0.29, 0.717) is 5.56 Å². The molecule has 1 saturated carbocycles. The number of carboxylic acids is 1. The lowest BCUT2D eigenvalue weighted by Crippen LogP contribution is -2.36. The highest BCUT2D eigenvalue weighted by Crippen LogP contribution is 2.43. The zero-order chi connectivity index (χ0) is 11.9. The number of Topliss-reactive ketones (excluding diaryl/α,β-unsaturated/α-hetero) is 1. The molecule has 1 aliphatic carbocycles. The zero-order valence-corrected chi connectivity index (χ0v) is 9.90. The van der Waals surface area contributed by atoms with Gasteiger partial charge in [-0.15, -0.1) is 0 Å². The molecule has 2 atom stereocenters. The van der Waals surface area contributed by atoms with Gasteiger partial charge in [0.15, 0.2) is 5.78 Å². The number of benzene rings is 1. The Balaban J connectivity index is 2.20. The summed E-state index contributed by atoms with van der Waals surface area (Å²) in [5.74, 6) is -1.91. The summed E-state index contributed by atoms with van der Waals surface area (Å²) in [5.41, 5.74) is 4.71. The normalized spacial score (nSPS) is 27.5. The van der Waals surface area contributed by atoms with Crippen LogP contribution in [-0.2, 0) is 4.79 Å². The minimum Gasteiger partial charge on any atom is -0.480 e. The summed E-state index contributed by atoms with van der Waals surface area (Å²) in [4.78, 5) is 22.7. The minimum absolute atomic E-state index is 0.203. The van der Waals surface area contributed by atoms with Gasteiger partial charge in [0.2, 0.25) is 0 Å². The van der Waals surface area contributed by atoms with Gasteiger partial charge >= 0.3 is 5.97 Å². The third-order valence-electron chi connectivity index (χ3n) is 2.83. The lowest BCUT2D eigenvalue weighted by atomic mass is 10.0. The van der Waals surface area contributed by atoms with E-state index in [0.717, 1.165) is 4.47 Å². The lowest BCUT2D eigenvalue weighted by Gasteiger charge is -2.04. The predicted molar refractivity (Wildman–Crippen MR) is 61.1 cm³/mol. The van der Waals surface area contributed by atoms with E-state index in [1.165, 1.54) is 0 Å². The Bertz CT molecular complexity index is 474. The number of carboxylic acid groups (broad SMARTS) is 1. The van der Waals surface area contributed by atoms with E-state index in [9.17, 15) is 9.59 Å². The highest BCUT2D eigenvalue weighted by molar-refractivity contribution is 9.10. The number of ketones is 1. The van der Waals surface area contributed by atoms with Gasteiger partial charge in [0.05, 0.1) is 5.92 Å². The smallest absolute Gasteiger partial charge is 0.324 e. The summed E-state index contributed by atoms with van der Waals surface area (Å²) in [6, 6.07) is 6.87. The van der Waals surface area contributed by atoms with Crippen molar-refractivity contribution in [3.63, 3.8) is 0 Å². The van der Waals surface area contributed by atoms with Crippen molar-refractivity contribution in [2.75, 3.05) is 0 Å². The Hall–Kier alpha value is -1.20. The molecule has 5 heteroatoms. The number of hydrogen-bond donors (Lipinski definition) is 2. The number of carbonyl (C=O) groups excluding carboxylic acids is 1. The molecule has 0 radical (unpaired) electrons. The van der Waals surface area contributed by atoms with Crippen molar-refractivity contribution in [1.29, 1.82) is 0 Å². The number of halogens is 1. The molecule has 0 bridgehead atoms. The van der Waals surface area contributed by atoms with Gasteiger partial charge in [-0.3, -0.25) is 9.59 Å². The number of rotatable bonds is 3. The van der Waals surface area contributed by atoms with Gasteiger partial charge in [-0.25, -0.2) is 0 Å². The minimum atomic E-state index is -1.36.